The Morgan fingerprint density at radius 2 is 1.68 bits per heavy atom. The van der Waals surface area contributed by atoms with Crippen LogP contribution >= 0.6 is 0 Å². The van der Waals surface area contributed by atoms with Crippen molar-refractivity contribution in [2.75, 3.05) is 6.61 Å². The fourth-order valence-electron chi connectivity index (χ4n) is 4.17. The summed E-state index contributed by atoms with van der Waals surface area (Å²) in [5, 5.41) is 0. The highest BCUT2D eigenvalue weighted by molar-refractivity contribution is 5.97. The zero-order chi connectivity index (χ0) is 17.6. The van der Waals surface area contributed by atoms with Crippen LogP contribution in [-0.4, -0.2) is 23.5 Å². The maximum Gasteiger partial charge on any atom is 0.417 e. The van der Waals surface area contributed by atoms with Crippen molar-refractivity contribution in [2.45, 2.75) is 25.3 Å². The van der Waals surface area contributed by atoms with Gasteiger partial charge in [-0.3, -0.25) is 4.79 Å². The van der Waals surface area contributed by atoms with Gasteiger partial charge in [-0.25, -0.2) is 9.69 Å². The third-order valence-corrected chi connectivity index (χ3v) is 5.94. The molecule has 4 rings (SSSR count). The lowest BCUT2D eigenvalue weighted by molar-refractivity contribution is -0.131. The van der Waals surface area contributed by atoms with Crippen LogP contribution < -0.4 is 0 Å². The molecule has 2 amide bonds. The molecule has 4 atom stereocenters. The van der Waals surface area contributed by atoms with E-state index in [1.165, 1.54) is 4.90 Å². The standard InChI is InChI=1S/C21H21NO3/c1-14-18(21(14,2)16-11-7-4-8-12-16)19(23)22-17(13-25-20(22)24)15-9-5-3-6-10-15/h3-12,14,17-18H,13H2,1-2H3/t14-,17+,18?,21-/m0/s1. The van der Waals surface area contributed by atoms with Gasteiger partial charge in [0.15, 0.2) is 0 Å². The van der Waals surface area contributed by atoms with E-state index in [4.69, 9.17) is 4.74 Å². The molecule has 0 bridgehead atoms. The van der Waals surface area contributed by atoms with Crippen LogP contribution in [0.15, 0.2) is 60.7 Å². The zero-order valence-electron chi connectivity index (χ0n) is 14.4. The third kappa shape index (κ3) is 2.36. The van der Waals surface area contributed by atoms with Gasteiger partial charge in [-0.1, -0.05) is 74.5 Å². The second kappa shape index (κ2) is 5.73. The Morgan fingerprint density at radius 1 is 1.08 bits per heavy atom. The monoisotopic (exact) mass is 335 g/mol. The highest BCUT2D eigenvalue weighted by Gasteiger charge is 2.65. The Kier molecular flexibility index (Phi) is 3.64. The quantitative estimate of drug-likeness (QED) is 0.854. The molecule has 2 aliphatic rings. The predicted molar refractivity (Wildman–Crippen MR) is 93.8 cm³/mol. The molecule has 1 aliphatic heterocycles. The Labute approximate surface area is 147 Å². The topological polar surface area (TPSA) is 46.6 Å². The summed E-state index contributed by atoms with van der Waals surface area (Å²) in [5.74, 6) is -0.144. The molecule has 0 radical (unpaired) electrons. The number of cyclic esters (lactones) is 1. The summed E-state index contributed by atoms with van der Waals surface area (Å²) in [7, 11) is 0. The van der Waals surface area contributed by atoms with Crippen molar-refractivity contribution >= 4 is 12.0 Å². The van der Waals surface area contributed by atoms with Gasteiger partial charge in [0.2, 0.25) is 5.91 Å². The number of carbonyl (C=O) groups is 2. The highest BCUT2D eigenvalue weighted by Crippen LogP contribution is 2.60. The molecular formula is C21H21NO3. The SMILES string of the molecule is C[C@H]1C(C(=O)N2C(=O)OC[C@@H]2c2ccccc2)[C@]1(C)c1ccccc1. The molecule has 25 heavy (non-hydrogen) atoms. The molecule has 2 aromatic carbocycles. The molecule has 4 nitrogen and oxygen atoms in total. The largest absolute Gasteiger partial charge is 0.446 e. The van der Waals surface area contributed by atoms with Crippen LogP contribution in [0, 0.1) is 11.8 Å². The molecule has 1 saturated carbocycles. The molecule has 2 aromatic rings. The molecule has 0 aromatic heterocycles. The number of carbonyl (C=O) groups excluding carboxylic acids is 2. The molecule has 4 heteroatoms. The highest BCUT2D eigenvalue weighted by atomic mass is 16.6. The Morgan fingerprint density at radius 3 is 2.32 bits per heavy atom. The van der Waals surface area contributed by atoms with Gasteiger partial charge in [0.1, 0.15) is 12.6 Å². The van der Waals surface area contributed by atoms with Gasteiger partial charge >= 0.3 is 6.09 Å². The first-order chi connectivity index (χ1) is 12.0. The van der Waals surface area contributed by atoms with Gasteiger partial charge in [-0.15, -0.1) is 0 Å². The second-order valence-corrected chi connectivity index (χ2v) is 7.13. The van der Waals surface area contributed by atoms with Crippen molar-refractivity contribution in [3.63, 3.8) is 0 Å². The average Bonchev–Trinajstić information content (AvgIpc) is 3.00. The van der Waals surface area contributed by atoms with Crippen LogP contribution in [0.4, 0.5) is 4.79 Å². The maximum absolute atomic E-state index is 13.2. The zero-order valence-corrected chi connectivity index (χ0v) is 14.4. The van der Waals surface area contributed by atoms with Crippen molar-refractivity contribution in [1.29, 1.82) is 0 Å². The number of amides is 2. The molecule has 1 saturated heterocycles. The summed E-state index contributed by atoms with van der Waals surface area (Å²) in [6, 6.07) is 19.3. The minimum atomic E-state index is -0.534. The van der Waals surface area contributed by atoms with E-state index in [0.29, 0.717) is 0 Å². The number of imide groups is 1. The molecule has 0 spiro atoms. The van der Waals surface area contributed by atoms with Gasteiger partial charge in [-0.05, 0) is 17.0 Å². The number of benzene rings is 2. The van der Waals surface area contributed by atoms with E-state index < -0.39 is 6.09 Å². The lowest BCUT2D eigenvalue weighted by Crippen LogP contribution is -2.36. The normalized spacial score (nSPS) is 30.9. The van der Waals surface area contributed by atoms with Crippen molar-refractivity contribution in [3.05, 3.63) is 71.8 Å². The van der Waals surface area contributed by atoms with Crippen LogP contribution in [0.2, 0.25) is 0 Å². The molecule has 128 valence electrons. The minimum Gasteiger partial charge on any atom is -0.446 e. The number of nitrogens with zero attached hydrogens (tertiary/aromatic N) is 1. The number of ether oxygens (including phenoxy) is 1. The fourth-order valence-corrected chi connectivity index (χ4v) is 4.17. The van der Waals surface area contributed by atoms with Crippen LogP contribution in [0.1, 0.15) is 31.0 Å². The van der Waals surface area contributed by atoms with E-state index in [0.717, 1.165) is 11.1 Å². The molecule has 1 heterocycles. The van der Waals surface area contributed by atoms with Crippen LogP contribution in [0.5, 0.6) is 0 Å². The van der Waals surface area contributed by atoms with E-state index in [9.17, 15) is 9.59 Å². The Hall–Kier alpha value is -2.62. The Bertz CT molecular complexity index is 804. The first-order valence-corrected chi connectivity index (χ1v) is 8.65. The molecule has 0 N–H and O–H groups in total. The van der Waals surface area contributed by atoms with Crippen molar-refractivity contribution in [1.82, 2.24) is 4.90 Å². The smallest absolute Gasteiger partial charge is 0.417 e. The lowest BCUT2D eigenvalue weighted by Gasteiger charge is -2.21. The van der Waals surface area contributed by atoms with Crippen LogP contribution in [0.25, 0.3) is 0 Å². The van der Waals surface area contributed by atoms with E-state index in [-0.39, 0.29) is 35.8 Å². The van der Waals surface area contributed by atoms with Gasteiger partial charge < -0.3 is 4.74 Å². The van der Waals surface area contributed by atoms with Crippen LogP contribution in [0.3, 0.4) is 0 Å². The third-order valence-electron chi connectivity index (χ3n) is 5.94. The summed E-state index contributed by atoms with van der Waals surface area (Å²) in [4.78, 5) is 26.8. The fraction of sp³-hybridized carbons (Fsp3) is 0.333. The average molecular weight is 335 g/mol. The van der Waals surface area contributed by atoms with Crippen molar-refractivity contribution in [3.8, 4) is 0 Å². The van der Waals surface area contributed by atoms with Crippen molar-refractivity contribution in [2.24, 2.45) is 11.8 Å². The van der Waals surface area contributed by atoms with Crippen LogP contribution in [-0.2, 0) is 14.9 Å². The first-order valence-electron chi connectivity index (χ1n) is 8.65. The lowest BCUT2D eigenvalue weighted by atomic mass is 9.93. The number of hydrogen-bond donors (Lipinski definition) is 0. The van der Waals surface area contributed by atoms with Gasteiger partial charge in [-0.2, -0.15) is 0 Å². The van der Waals surface area contributed by atoms with E-state index in [1.54, 1.807) is 0 Å². The predicted octanol–water partition coefficient (Wildman–Crippen LogP) is 3.93. The summed E-state index contributed by atoms with van der Waals surface area (Å²) < 4.78 is 5.21. The number of hydrogen-bond acceptors (Lipinski definition) is 3. The van der Waals surface area contributed by atoms with E-state index in [2.05, 4.69) is 26.0 Å². The maximum atomic E-state index is 13.2. The molecule has 1 aliphatic carbocycles. The first kappa shape index (κ1) is 15.9. The summed E-state index contributed by atoms with van der Waals surface area (Å²) >= 11 is 0. The Balaban J connectivity index is 1.63. The van der Waals surface area contributed by atoms with Crippen molar-refractivity contribution < 1.29 is 14.3 Å². The molecule has 1 unspecified atom stereocenters. The number of rotatable bonds is 3. The van der Waals surface area contributed by atoms with Gasteiger partial charge in [0, 0.05) is 5.41 Å². The summed E-state index contributed by atoms with van der Waals surface area (Å²) in [6.07, 6.45) is -0.534. The molecular weight excluding hydrogens is 314 g/mol. The summed E-state index contributed by atoms with van der Waals surface area (Å²) in [6.45, 7) is 4.40. The van der Waals surface area contributed by atoms with E-state index in [1.807, 2.05) is 48.5 Å². The van der Waals surface area contributed by atoms with Gasteiger partial charge in [0.25, 0.3) is 0 Å². The molecule has 2 fully saturated rings. The van der Waals surface area contributed by atoms with E-state index >= 15 is 0 Å². The minimum absolute atomic E-state index is 0.129. The summed E-state index contributed by atoms with van der Waals surface area (Å²) in [5.41, 5.74) is 1.84. The second-order valence-electron chi connectivity index (χ2n) is 7.13. The van der Waals surface area contributed by atoms with Gasteiger partial charge in [0.05, 0.1) is 5.92 Å².